The number of aliphatic hydroxyl groups is 1. The Labute approximate surface area is 157 Å². The molecule has 1 aromatic rings. The average molecular weight is 368 g/mol. The maximum atomic E-state index is 12.5. The third kappa shape index (κ3) is 8.98. The lowest BCUT2D eigenvalue weighted by molar-refractivity contribution is 0.280. The molecule has 0 aliphatic carbocycles. The SMILES string of the molecule is CCCCCCCC[C@@H](Cc1ccccc1CO)N[S@](=O)C(C)(C)C. The Kier molecular flexibility index (Phi) is 10.6. The molecule has 1 rings (SSSR count). The van der Waals surface area contributed by atoms with Gasteiger partial charge in [0.05, 0.1) is 22.3 Å². The molecule has 0 unspecified atom stereocenters. The maximum Gasteiger partial charge on any atom is 0.0972 e. The van der Waals surface area contributed by atoms with Gasteiger partial charge in [0.15, 0.2) is 0 Å². The van der Waals surface area contributed by atoms with E-state index in [4.69, 9.17) is 0 Å². The van der Waals surface area contributed by atoms with E-state index in [9.17, 15) is 9.32 Å². The van der Waals surface area contributed by atoms with Crippen molar-refractivity contribution in [2.45, 2.75) is 96.5 Å². The molecular formula is C21H37NO2S. The van der Waals surface area contributed by atoms with Crippen LogP contribution >= 0.6 is 0 Å². The molecule has 0 amide bonds. The van der Waals surface area contributed by atoms with E-state index in [-0.39, 0.29) is 17.4 Å². The molecule has 0 saturated carbocycles. The highest BCUT2D eigenvalue weighted by Crippen LogP contribution is 2.18. The van der Waals surface area contributed by atoms with Gasteiger partial charge in [0.1, 0.15) is 0 Å². The number of rotatable bonds is 12. The lowest BCUT2D eigenvalue weighted by atomic mass is 9.97. The van der Waals surface area contributed by atoms with Gasteiger partial charge in [0.25, 0.3) is 0 Å². The summed E-state index contributed by atoms with van der Waals surface area (Å²) < 4.78 is 15.6. The van der Waals surface area contributed by atoms with E-state index in [2.05, 4.69) is 17.7 Å². The lowest BCUT2D eigenvalue weighted by Crippen LogP contribution is -2.41. The summed E-state index contributed by atoms with van der Waals surface area (Å²) in [7, 11) is -1.07. The van der Waals surface area contributed by atoms with Gasteiger partial charge < -0.3 is 5.11 Å². The van der Waals surface area contributed by atoms with Crippen molar-refractivity contribution in [3.05, 3.63) is 35.4 Å². The molecular weight excluding hydrogens is 330 g/mol. The smallest absolute Gasteiger partial charge is 0.0972 e. The minimum Gasteiger partial charge on any atom is -0.392 e. The van der Waals surface area contributed by atoms with Crippen molar-refractivity contribution in [2.24, 2.45) is 0 Å². The molecule has 0 aliphatic rings. The first-order chi connectivity index (χ1) is 11.9. The Balaban J connectivity index is 2.65. The van der Waals surface area contributed by atoms with Gasteiger partial charge in [-0.2, -0.15) is 0 Å². The van der Waals surface area contributed by atoms with Crippen LogP contribution in [0.3, 0.4) is 0 Å². The third-order valence-corrected chi connectivity index (χ3v) is 6.15. The quantitative estimate of drug-likeness (QED) is 0.517. The number of hydrogen-bond acceptors (Lipinski definition) is 2. The molecule has 1 aromatic carbocycles. The van der Waals surface area contributed by atoms with Crippen LogP contribution in [0.4, 0.5) is 0 Å². The Morgan fingerprint density at radius 1 is 1.04 bits per heavy atom. The number of benzene rings is 1. The second-order valence-electron chi connectivity index (χ2n) is 7.88. The van der Waals surface area contributed by atoms with E-state index in [1.165, 1.54) is 32.1 Å². The Morgan fingerprint density at radius 2 is 1.64 bits per heavy atom. The molecule has 0 spiro atoms. The van der Waals surface area contributed by atoms with Gasteiger partial charge in [-0.05, 0) is 44.7 Å². The number of hydrogen-bond donors (Lipinski definition) is 2. The van der Waals surface area contributed by atoms with Gasteiger partial charge in [-0.1, -0.05) is 69.7 Å². The fourth-order valence-electron chi connectivity index (χ4n) is 2.88. The van der Waals surface area contributed by atoms with Crippen molar-refractivity contribution in [3.63, 3.8) is 0 Å². The second-order valence-corrected chi connectivity index (χ2v) is 9.88. The van der Waals surface area contributed by atoms with Crippen molar-refractivity contribution in [3.8, 4) is 0 Å². The topological polar surface area (TPSA) is 49.3 Å². The summed E-state index contributed by atoms with van der Waals surface area (Å²) in [5.74, 6) is 0. The third-order valence-electron chi connectivity index (χ3n) is 4.49. The first-order valence-electron chi connectivity index (χ1n) is 9.74. The number of aliphatic hydroxyl groups excluding tert-OH is 1. The summed E-state index contributed by atoms with van der Waals surface area (Å²) in [5.41, 5.74) is 2.12. The first-order valence-corrected chi connectivity index (χ1v) is 10.9. The van der Waals surface area contributed by atoms with Crippen molar-refractivity contribution < 1.29 is 9.32 Å². The molecule has 2 atom stereocenters. The Hall–Kier alpha value is -0.710. The van der Waals surface area contributed by atoms with Crippen LogP contribution in [0.1, 0.15) is 83.8 Å². The highest BCUT2D eigenvalue weighted by molar-refractivity contribution is 7.84. The van der Waals surface area contributed by atoms with Crippen LogP contribution in [0.25, 0.3) is 0 Å². The second kappa shape index (κ2) is 11.8. The monoisotopic (exact) mass is 367 g/mol. The highest BCUT2D eigenvalue weighted by atomic mass is 32.2. The molecule has 0 saturated heterocycles. The molecule has 0 aliphatic heterocycles. The van der Waals surface area contributed by atoms with Crippen molar-refractivity contribution in [1.82, 2.24) is 4.72 Å². The molecule has 0 radical (unpaired) electrons. The van der Waals surface area contributed by atoms with Crippen LogP contribution in [0, 0.1) is 0 Å². The fraction of sp³-hybridized carbons (Fsp3) is 0.714. The Morgan fingerprint density at radius 3 is 2.24 bits per heavy atom. The van der Waals surface area contributed by atoms with E-state index < -0.39 is 11.0 Å². The van der Waals surface area contributed by atoms with Crippen LogP contribution in [0.15, 0.2) is 24.3 Å². The normalized spacial score (nSPS) is 14.4. The van der Waals surface area contributed by atoms with Crippen LogP contribution in [0.5, 0.6) is 0 Å². The zero-order valence-corrected chi connectivity index (χ0v) is 17.3. The molecule has 0 fully saturated rings. The molecule has 25 heavy (non-hydrogen) atoms. The van der Waals surface area contributed by atoms with Crippen LogP contribution in [-0.4, -0.2) is 20.1 Å². The van der Waals surface area contributed by atoms with Gasteiger partial charge >= 0.3 is 0 Å². The summed E-state index contributed by atoms with van der Waals surface area (Å²) in [5, 5.41) is 9.56. The van der Waals surface area contributed by atoms with E-state index in [0.29, 0.717) is 0 Å². The summed E-state index contributed by atoms with van der Waals surface area (Å²) >= 11 is 0. The van der Waals surface area contributed by atoms with Gasteiger partial charge in [0, 0.05) is 6.04 Å². The first kappa shape index (κ1) is 22.3. The Bertz CT molecular complexity index is 511. The van der Waals surface area contributed by atoms with E-state index in [1.807, 2.05) is 39.0 Å². The summed E-state index contributed by atoms with van der Waals surface area (Å²) in [6.45, 7) is 8.29. The molecule has 144 valence electrons. The zero-order chi connectivity index (χ0) is 18.7. The fourth-order valence-corrected chi connectivity index (χ4v) is 3.74. The molecule has 0 aromatic heterocycles. The van der Waals surface area contributed by atoms with Crippen LogP contribution in [0.2, 0.25) is 0 Å². The van der Waals surface area contributed by atoms with Gasteiger partial charge in [-0.15, -0.1) is 0 Å². The standard InChI is InChI=1S/C21H37NO2S/c1-5-6-7-8-9-10-15-20(22-25(24)21(2,3)4)16-18-13-11-12-14-19(18)17-23/h11-14,20,22-23H,5-10,15-17H2,1-4H3/t20-,25+/m0/s1. The highest BCUT2D eigenvalue weighted by Gasteiger charge is 2.23. The molecule has 0 bridgehead atoms. The zero-order valence-electron chi connectivity index (χ0n) is 16.5. The molecule has 0 heterocycles. The van der Waals surface area contributed by atoms with Crippen molar-refractivity contribution in [2.75, 3.05) is 0 Å². The molecule has 2 N–H and O–H groups in total. The average Bonchev–Trinajstić information content (AvgIpc) is 2.57. The maximum absolute atomic E-state index is 12.5. The predicted molar refractivity (Wildman–Crippen MR) is 109 cm³/mol. The van der Waals surface area contributed by atoms with Gasteiger partial charge in [-0.3, -0.25) is 0 Å². The van der Waals surface area contributed by atoms with Crippen molar-refractivity contribution >= 4 is 11.0 Å². The molecule has 3 nitrogen and oxygen atoms in total. The van der Waals surface area contributed by atoms with Crippen LogP contribution < -0.4 is 4.72 Å². The van der Waals surface area contributed by atoms with E-state index >= 15 is 0 Å². The predicted octanol–water partition coefficient (Wildman–Crippen LogP) is 4.89. The van der Waals surface area contributed by atoms with E-state index in [1.54, 1.807) is 0 Å². The summed E-state index contributed by atoms with van der Waals surface area (Å²) in [4.78, 5) is 0. The largest absolute Gasteiger partial charge is 0.392 e. The summed E-state index contributed by atoms with van der Waals surface area (Å²) in [6, 6.07) is 8.19. The summed E-state index contributed by atoms with van der Waals surface area (Å²) in [6.07, 6.45) is 9.42. The van der Waals surface area contributed by atoms with Gasteiger partial charge in [0.2, 0.25) is 0 Å². The van der Waals surface area contributed by atoms with Crippen LogP contribution in [-0.2, 0) is 24.0 Å². The molecule has 4 heteroatoms. The minimum atomic E-state index is -1.07. The van der Waals surface area contributed by atoms with E-state index in [0.717, 1.165) is 30.4 Å². The number of unbranched alkanes of at least 4 members (excludes halogenated alkanes) is 5. The van der Waals surface area contributed by atoms with Crippen molar-refractivity contribution in [1.29, 1.82) is 0 Å². The lowest BCUT2D eigenvalue weighted by Gasteiger charge is -2.25. The number of nitrogens with one attached hydrogen (secondary N) is 1. The van der Waals surface area contributed by atoms with Gasteiger partial charge in [-0.25, -0.2) is 8.93 Å². The minimum absolute atomic E-state index is 0.0578.